The first-order valence-corrected chi connectivity index (χ1v) is 6.58. The molecule has 0 fully saturated rings. The van der Waals surface area contributed by atoms with Crippen LogP contribution >= 0.6 is 0 Å². The van der Waals surface area contributed by atoms with Crippen molar-refractivity contribution in [3.8, 4) is 0 Å². The van der Waals surface area contributed by atoms with E-state index < -0.39 is 24.1 Å². The fourth-order valence-electron chi connectivity index (χ4n) is 1.31. The topological polar surface area (TPSA) is 0 Å². The van der Waals surface area contributed by atoms with Crippen LogP contribution in [0.15, 0.2) is 29.8 Å². The van der Waals surface area contributed by atoms with E-state index >= 15 is 0 Å². The average molecular weight is 346 g/mol. The number of allylic oxidation sites excluding steroid dienone is 1. The number of hydrogen-bond donors (Lipinski definition) is 0. The Hall–Kier alpha value is -0.310. The molecule has 1 aliphatic carbocycles. The molecule has 0 heterocycles. The summed E-state index contributed by atoms with van der Waals surface area (Å²) in [5, 5.41) is 0. The molecule has 0 nitrogen and oxygen atoms in total. The Balaban J connectivity index is 0.000000251. The van der Waals surface area contributed by atoms with Crippen molar-refractivity contribution in [2.24, 2.45) is 0 Å². The van der Waals surface area contributed by atoms with Gasteiger partial charge in [-0.3, -0.25) is 0 Å². The van der Waals surface area contributed by atoms with Crippen LogP contribution in [0.3, 0.4) is 0 Å². The molecule has 1 aromatic rings. The summed E-state index contributed by atoms with van der Waals surface area (Å²) in [7, 11) is 0. The first-order valence-electron chi connectivity index (χ1n) is 3.86. The molecule has 0 N–H and O–H groups in total. The van der Waals surface area contributed by atoms with Crippen LogP contribution in [0.2, 0.25) is 0 Å². The van der Waals surface area contributed by atoms with Crippen molar-refractivity contribution in [2.45, 2.75) is 6.92 Å². The fraction of sp³-hybridized carbons (Fsp3) is 0.100. The summed E-state index contributed by atoms with van der Waals surface area (Å²) in [6, 6.07) is 8.42. The van der Waals surface area contributed by atoms with Gasteiger partial charge in [0, 0.05) is 6.42 Å². The molecule has 1 aliphatic rings. The molecule has 0 unspecified atom stereocenters. The van der Waals surface area contributed by atoms with E-state index in [9.17, 15) is 5.33 Å². The monoisotopic (exact) mass is 347 g/mol. The van der Waals surface area contributed by atoms with Gasteiger partial charge in [-0.1, -0.05) is 35.9 Å². The Morgan fingerprint density at radius 2 is 1.62 bits per heavy atom. The van der Waals surface area contributed by atoms with Gasteiger partial charge in [0.2, 0.25) is 0 Å². The zero-order valence-corrected chi connectivity index (χ0v) is 10.8. The molecule has 67 valence electrons. The summed E-state index contributed by atoms with van der Waals surface area (Å²) in [4.78, 5) is 0. The maximum absolute atomic E-state index is 9.82. The van der Waals surface area contributed by atoms with E-state index in [2.05, 4.69) is 43.7 Å². The molecular formula is C10H9F2Hf. The Kier molecular flexibility index (Phi) is 4.50. The van der Waals surface area contributed by atoms with E-state index in [0.717, 1.165) is 0 Å². The van der Waals surface area contributed by atoms with Crippen LogP contribution in [-0.4, -0.2) is 0 Å². The standard InChI is InChI=1S/C10H9.2FH.Hf/c1-8-6-9-4-2-3-5-10(9)7-8;;;/h2-7H,1H3;2*1H;/q;;;+2/p-2. The molecule has 1 radical (unpaired) electrons. The van der Waals surface area contributed by atoms with Crippen molar-refractivity contribution in [1.82, 2.24) is 0 Å². The van der Waals surface area contributed by atoms with E-state index in [1.54, 1.807) is 0 Å². The Morgan fingerprint density at radius 1 is 1.08 bits per heavy atom. The van der Waals surface area contributed by atoms with Crippen molar-refractivity contribution in [3.63, 3.8) is 0 Å². The van der Waals surface area contributed by atoms with Gasteiger partial charge < -0.3 is 0 Å². The van der Waals surface area contributed by atoms with Crippen molar-refractivity contribution < 1.29 is 29.4 Å². The van der Waals surface area contributed by atoms with Gasteiger partial charge in [0.15, 0.2) is 0 Å². The molecule has 0 saturated carbocycles. The van der Waals surface area contributed by atoms with Crippen LogP contribution in [0.1, 0.15) is 18.1 Å². The number of benzene rings is 1. The SMILES string of the molecule is CC1=Cc2ccccc2[CH]1.[F][Hf][F]. The summed E-state index contributed by atoms with van der Waals surface area (Å²) < 4.78 is 19.6. The predicted octanol–water partition coefficient (Wildman–Crippen LogP) is 3.49. The third-order valence-electron chi connectivity index (χ3n) is 1.76. The third kappa shape index (κ3) is 3.14. The first kappa shape index (κ1) is 10.8. The van der Waals surface area contributed by atoms with E-state index in [1.165, 1.54) is 16.7 Å². The van der Waals surface area contributed by atoms with Gasteiger partial charge in [0.05, 0.1) is 0 Å². The van der Waals surface area contributed by atoms with Gasteiger partial charge in [-0.15, -0.1) is 0 Å². The van der Waals surface area contributed by atoms with E-state index in [0.29, 0.717) is 0 Å². The second-order valence-corrected chi connectivity index (χ2v) is 3.25. The first-order chi connectivity index (χ1) is 6.27. The molecule has 13 heavy (non-hydrogen) atoms. The number of fused-ring (bicyclic) bond motifs is 1. The second-order valence-electron chi connectivity index (χ2n) is 2.73. The molecule has 0 spiro atoms. The summed E-state index contributed by atoms with van der Waals surface area (Å²) >= 11 is -2.92. The molecule has 0 amide bonds. The van der Waals surface area contributed by atoms with Crippen LogP contribution in [0, 0.1) is 6.42 Å². The predicted molar refractivity (Wildman–Crippen MR) is 45.7 cm³/mol. The fourth-order valence-corrected chi connectivity index (χ4v) is 1.31. The number of rotatable bonds is 0. The summed E-state index contributed by atoms with van der Waals surface area (Å²) in [5.74, 6) is 0. The summed E-state index contributed by atoms with van der Waals surface area (Å²) in [6.07, 6.45) is 4.41. The number of hydrogen-bond acceptors (Lipinski definition) is 0. The molecule has 0 saturated heterocycles. The molecular weight excluding hydrogens is 337 g/mol. The van der Waals surface area contributed by atoms with Gasteiger partial charge in [0.1, 0.15) is 0 Å². The van der Waals surface area contributed by atoms with Crippen LogP contribution in [-0.2, 0) is 24.1 Å². The van der Waals surface area contributed by atoms with Gasteiger partial charge in [-0.05, 0) is 18.1 Å². The van der Waals surface area contributed by atoms with Gasteiger partial charge >= 0.3 is 29.4 Å². The van der Waals surface area contributed by atoms with Crippen LogP contribution in [0.4, 0.5) is 5.33 Å². The van der Waals surface area contributed by atoms with Crippen molar-refractivity contribution in [2.75, 3.05) is 0 Å². The van der Waals surface area contributed by atoms with Crippen molar-refractivity contribution >= 4 is 6.08 Å². The quantitative estimate of drug-likeness (QED) is 0.631. The molecule has 2 rings (SSSR count). The van der Waals surface area contributed by atoms with Crippen LogP contribution < -0.4 is 0 Å². The van der Waals surface area contributed by atoms with E-state index in [-0.39, 0.29) is 0 Å². The van der Waals surface area contributed by atoms with Gasteiger partial charge in [0.25, 0.3) is 0 Å². The normalized spacial score (nSPS) is 12.4. The van der Waals surface area contributed by atoms with Crippen LogP contribution in [0.5, 0.6) is 0 Å². The molecule has 0 atom stereocenters. The average Bonchev–Trinajstić information content (AvgIpc) is 2.45. The van der Waals surface area contributed by atoms with E-state index in [1.807, 2.05) is 0 Å². The molecule has 1 aromatic carbocycles. The minimum absolute atomic E-state index is 1.35. The molecule has 0 aromatic heterocycles. The number of halogens is 2. The zero-order valence-electron chi connectivity index (χ0n) is 7.22. The molecule has 3 heteroatoms. The van der Waals surface area contributed by atoms with Crippen molar-refractivity contribution in [3.05, 3.63) is 47.4 Å². The van der Waals surface area contributed by atoms with Crippen molar-refractivity contribution in [1.29, 1.82) is 0 Å². The Morgan fingerprint density at radius 3 is 2.15 bits per heavy atom. The van der Waals surface area contributed by atoms with Gasteiger partial charge in [-0.25, -0.2) is 0 Å². The summed E-state index contributed by atoms with van der Waals surface area (Å²) in [6.45, 7) is 2.12. The minimum atomic E-state index is -2.92. The Bertz CT molecular complexity index is 308. The second kappa shape index (κ2) is 5.43. The zero-order chi connectivity index (χ0) is 9.68. The van der Waals surface area contributed by atoms with E-state index in [4.69, 9.17) is 0 Å². The molecule has 0 aliphatic heterocycles. The Labute approximate surface area is 89.8 Å². The maximum atomic E-state index is 9.82. The molecule has 0 bridgehead atoms. The third-order valence-corrected chi connectivity index (χ3v) is 1.76. The summed E-state index contributed by atoms with van der Waals surface area (Å²) in [5.41, 5.74) is 4.04. The van der Waals surface area contributed by atoms with Gasteiger partial charge in [-0.2, -0.15) is 0 Å². The van der Waals surface area contributed by atoms with Crippen LogP contribution in [0.25, 0.3) is 6.08 Å².